The lowest BCUT2D eigenvalue weighted by Crippen LogP contribution is -2.55. The van der Waals surface area contributed by atoms with Crippen LogP contribution < -0.4 is 0 Å². The van der Waals surface area contributed by atoms with Gasteiger partial charge in [0.1, 0.15) is 5.82 Å². The summed E-state index contributed by atoms with van der Waals surface area (Å²) in [6, 6.07) is 41.3. The maximum Gasteiger partial charge on any atom is 0.145 e. The third kappa shape index (κ3) is 3.07. The predicted octanol–water partition coefficient (Wildman–Crippen LogP) is 10.7. The highest BCUT2D eigenvalue weighted by Crippen LogP contribution is 2.70. The smallest absolute Gasteiger partial charge is 0.145 e. The first-order valence-corrected chi connectivity index (χ1v) is 17.5. The first-order chi connectivity index (χ1) is 22.5. The third-order valence-corrected chi connectivity index (χ3v) is 13.2. The van der Waals surface area contributed by atoms with Gasteiger partial charge in [0, 0.05) is 22.1 Å². The van der Waals surface area contributed by atoms with Gasteiger partial charge in [0.2, 0.25) is 0 Å². The summed E-state index contributed by atoms with van der Waals surface area (Å²) in [6.45, 7) is 4.87. The van der Waals surface area contributed by atoms with Crippen molar-refractivity contribution >= 4 is 11.0 Å². The molecule has 2 heteroatoms. The van der Waals surface area contributed by atoms with Gasteiger partial charge in [-0.25, -0.2) is 4.98 Å². The molecule has 1 spiro atoms. The van der Waals surface area contributed by atoms with E-state index in [-0.39, 0.29) is 10.8 Å². The van der Waals surface area contributed by atoms with Crippen molar-refractivity contribution in [2.45, 2.75) is 56.8 Å². The topological polar surface area (TPSA) is 17.8 Å². The Hall–Kier alpha value is -4.43. The third-order valence-electron chi connectivity index (χ3n) is 13.2. The van der Waals surface area contributed by atoms with E-state index in [0.29, 0.717) is 0 Å². The van der Waals surface area contributed by atoms with Gasteiger partial charge in [-0.3, -0.25) is 4.57 Å². The van der Waals surface area contributed by atoms with Crippen molar-refractivity contribution in [3.8, 4) is 39.3 Å². The van der Waals surface area contributed by atoms with E-state index >= 15 is 0 Å². The molecular weight excluding hydrogens is 556 g/mol. The molecule has 4 fully saturated rings. The second kappa shape index (κ2) is 8.68. The Labute approximate surface area is 271 Å². The van der Waals surface area contributed by atoms with Crippen molar-refractivity contribution in [1.29, 1.82) is 0 Å². The number of para-hydroxylation sites is 3. The Morgan fingerprint density at radius 3 is 2.02 bits per heavy atom. The minimum Gasteiger partial charge on any atom is -0.292 e. The number of nitrogens with zero attached hydrogens (tertiary/aromatic N) is 2. The molecule has 12 rings (SSSR count). The van der Waals surface area contributed by atoms with E-state index in [0.717, 1.165) is 46.2 Å². The lowest BCUT2D eigenvalue weighted by molar-refractivity contribution is -0.0399. The minimum atomic E-state index is -0.0629. The molecule has 46 heavy (non-hydrogen) atoms. The van der Waals surface area contributed by atoms with E-state index < -0.39 is 0 Å². The second-order valence-electron chi connectivity index (χ2n) is 15.6. The van der Waals surface area contributed by atoms with Gasteiger partial charge in [-0.1, -0.05) is 80.6 Å². The zero-order valence-electron chi connectivity index (χ0n) is 26.6. The number of hydrogen-bond acceptors (Lipinski definition) is 1. The monoisotopic (exact) mass is 594 g/mol. The van der Waals surface area contributed by atoms with Gasteiger partial charge in [-0.15, -0.1) is 0 Å². The summed E-state index contributed by atoms with van der Waals surface area (Å²) in [7, 11) is 0. The molecule has 6 aromatic rings. The number of benzene rings is 5. The van der Waals surface area contributed by atoms with Crippen LogP contribution in [0.25, 0.3) is 50.4 Å². The maximum atomic E-state index is 5.24. The van der Waals surface area contributed by atoms with Crippen molar-refractivity contribution in [3.05, 3.63) is 131 Å². The van der Waals surface area contributed by atoms with E-state index in [1.54, 1.807) is 11.1 Å². The molecule has 0 aliphatic heterocycles. The zero-order valence-corrected chi connectivity index (χ0v) is 26.6. The molecule has 0 N–H and O–H groups in total. The standard InChI is InChI=1S/C44H38N2/c1-43(2)36-17-16-28(42-45-40-14-8-9-15-41(40)46(42)31-10-4-3-5-11-31)23-33(36)35-25-39-34(24-38(35)43)32-12-6-7-13-37(32)44(39)29-19-26-18-27(21-29)22-30(44)20-26/h3-17,23-27,29-30H,18-22H2,1-2H3. The van der Waals surface area contributed by atoms with E-state index in [2.05, 4.69) is 128 Å². The molecule has 1 aromatic heterocycles. The first kappa shape index (κ1) is 25.7. The zero-order chi connectivity index (χ0) is 30.4. The lowest BCUT2D eigenvalue weighted by atomic mass is 9.43. The fourth-order valence-electron chi connectivity index (χ4n) is 11.6. The van der Waals surface area contributed by atoms with Crippen LogP contribution in [0, 0.1) is 23.7 Å². The maximum absolute atomic E-state index is 5.24. The van der Waals surface area contributed by atoms with Gasteiger partial charge in [0.05, 0.1) is 11.0 Å². The summed E-state index contributed by atoms with van der Waals surface area (Å²) in [5, 5.41) is 0. The van der Waals surface area contributed by atoms with Crippen LogP contribution in [0.5, 0.6) is 0 Å². The van der Waals surface area contributed by atoms with E-state index in [4.69, 9.17) is 4.98 Å². The highest BCUT2D eigenvalue weighted by molar-refractivity contribution is 5.92. The summed E-state index contributed by atoms with van der Waals surface area (Å²) >= 11 is 0. The summed E-state index contributed by atoms with van der Waals surface area (Å²) in [5.74, 6) is 4.45. The molecule has 6 aliphatic rings. The van der Waals surface area contributed by atoms with Gasteiger partial charge in [0.25, 0.3) is 0 Å². The van der Waals surface area contributed by atoms with Crippen molar-refractivity contribution in [2.24, 2.45) is 23.7 Å². The molecular formula is C44H38N2. The quantitative estimate of drug-likeness (QED) is 0.195. The number of hydrogen-bond donors (Lipinski definition) is 0. The largest absolute Gasteiger partial charge is 0.292 e. The fourth-order valence-corrected chi connectivity index (χ4v) is 11.6. The van der Waals surface area contributed by atoms with Gasteiger partial charge >= 0.3 is 0 Å². The van der Waals surface area contributed by atoms with Crippen molar-refractivity contribution in [1.82, 2.24) is 9.55 Å². The molecule has 2 nitrogen and oxygen atoms in total. The Morgan fingerprint density at radius 1 is 0.565 bits per heavy atom. The van der Waals surface area contributed by atoms with Crippen molar-refractivity contribution in [2.75, 3.05) is 0 Å². The molecule has 5 aromatic carbocycles. The van der Waals surface area contributed by atoms with Crippen LogP contribution in [0.1, 0.15) is 68.2 Å². The molecule has 0 saturated heterocycles. The molecule has 4 saturated carbocycles. The van der Waals surface area contributed by atoms with Crippen LogP contribution >= 0.6 is 0 Å². The van der Waals surface area contributed by atoms with Crippen LogP contribution in [-0.2, 0) is 10.8 Å². The second-order valence-corrected chi connectivity index (χ2v) is 15.6. The highest BCUT2D eigenvalue weighted by atomic mass is 15.1. The van der Waals surface area contributed by atoms with Crippen LogP contribution in [0.3, 0.4) is 0 Å². The molecule has 224 valence electrons. The van der Waals surface area contributed by atoms with Crippen molar-refractivity contribution in [3.63, 3.8) is 0 Å². The first-order valence-electron chi connectivity index (χ1n) is 17.5. The van der Waals surface area contributed by atoms with Crippen LogP contribution in [0.4, 0.5) is 0 Å². The number of rotatable bonds is 2. The SMILES string of the molecule is CC1(C)c2ccc(-c3nc4ccccc4n3-c3ccccc3)cc2-c2cc3c(cc21)-c1ccccc1C31C2CC3CC(C2)CC1C3. The normalized spacial score (nSPS) is 27.2. The summed E-state index contributed by atoms with van der Waals surface area (Å²) < 4.78 is 2.33. The van der Waals surface area contributed by atoms with E-state index in [9.17, 15) is 0 Å². The summed E-state index contributed by atoms with van der Waals surface area (Å²) in [6.07, 6.45) is 7.15. The number of imidazole rings is 1. The molecule has 0 unspecified atom stereocenters. The Morgan fingerprint density at radius 2 is 1.22 bits per heavy atom. The molecule has 1 heterocycles. The van der Waals surface area contributed by atoms with Crippen LogP contribution in [-0.4, -0.2) is 9.55 Å². The average molecular weight is 595 g/mol. The Balaban J connectivity index is 1.14. The van der Waals surface area contributed by atoms with E-state index in [1.165, 1.54) is 71.0 Å². The van der Waals surface area contributed by atoms with Crippen molar-refractivity contribution < 1.29 is 0 Å². The predicted molar refractivity (Wildman–Crippen MR) is 187 cm³/mol. The van der Waals surface area contributed by atoms with Gasteiger partial charge in [-0.2, -0.15) is 0 Å². The Bertz CT molecular complexity index is 2220. The van der Waals surface area contributed by atoms with Gasteiger partial charge < -0.3 is 0 Å². The minimum absolute atomic E-state index is 0.0629. The van der Waals surface area contributed by atoms with Gasteiger partial charge in [-0.05, 0) is 143 Å². The van der Waals surface area contributed by atoms with Gasteiger partial charge in [0.15, 0.2) is 0 Å². The number of fused-ring (bicyclic) bond motifs is 7. The molecule has 0 atom stereocenters. The van der Waals surface area contributed by atoms with Crippen LogP contribution in [0.15, 0.2) is 109 Å². The van der Waals surface area contributed by atoms with E-state index in [1.807, 2.05) is 0 Å². The molecule has 0 amide bonds. The fraction of sp³-hybridized carbons (Fsp3) is 0.295. The average Bonchev–Trinajstić information content (AvgIpc) is 3.68. The molecule has 0 radical (unpaired) electrons. The Kier molecular flexibility index (Phi) is 4.85. The summed E-state index contributed by atoms with van der Waals surface area (Å²) in [4.78, 5) is 5.24. The highest BCUT2D eigenvalue weighted by Gasteiger charge is 2.61. The van der Waals surface area contributed by atoms with Crippen LogP contribution in [0.2, 0.25) is 0 Å². The number of aromatic nitrogens is 2. The molecule has 4 bridgehead atoms. The lowest BCUT2D eigenvalue weighted by Gasteiger charge is -2.61. The summed E-state index contributed by atoms with van der Waals surface area (Å²) in [5.41, 5.74) is 16.7. The molecule has 6 aliphatic carbocycles.